The van der Waals surface area contributed by atoms with E-state index in [4.69, 9.17) is 9.47 Å². The van der Waals surface area contributed by atoms with Gasteiger partial charge in [0.1, 0.15) is 17.3 Å². The first-order valence-corrected chi connectivity index (χ1v) is 12.8. The van der Waals surface area contributed by atoms with Crippen LogP contribution in [0.25, 0.3) is 0 Å². The second-order valence-electron chi connectivity index (χ2n) is 9.72. The van der Waals surface area contributed by atoms with E-state index in [1.54, 1.807) is 26.2 Å². The Bertz CT molecular complexity index is 1390. The van der Waals surface area contributed by atoms with Crippen molar-refractivity contribution in [2.75, 3.05) is 13.7 Å². The highest BCUT2D eigenvalue weighted by molar-refractivity contribution is 5.96. The van der Waals surface area contributed by atoms with Crippen LogP contribution in [-0.4, -0.2) is 25.5 Å². The number of allylic oxidation sites excluding steroid dienone is 3. The van der Waals surface area contributed by atoms with Gasteiger partial charge >= 0.3 is 5.97 Å². The highest BCUT2D eigenvalue weighted by atomic mass is 19.1. The van der Waals surface area contributed by atoms with Crippen molar-refractivity contribution in [3.8, 4) is 5.75 Å². The lowest BCUT2D eigenvalue weighted by atomic mass is 9.68. The fourth-order valence-electron chi connectivity index (χ4n) is 5.45. The Morgan fingerprint density at radius 3 is 2.45 bits per heavy atom. The summed E-state index contributed by atoms with van der Waals surface area (Å²) < 4.78 is 25.3. The smallest absolute Gasteiger partial charge is 0.336 e. The van der Waals surface area contributed by atoms with E-state index >= 15 is 0 Å². The number of methoxy groups -OCH3 is 1. The predicted molar refractivity (Wildman–Crippen MR) is 143 cm³/mol. The zero-order valence-electron chi connectivity index (χ0n) is 21.4. The lowest BCUT2D eigenvalue weighted by Crippen LogP contribution is -2.42. The molecule has 1 aliphatic heterocycles. The second-order valence-corrected chi connectivity index (χ2v) is 9.72. The molecule has 5 nitrogen and oxygen atoms in total. The molecule has 3 aromatic rings. The molecule has 3 aromatic carbocycles. The number of Topliss-reactive ketones (excluding diaryl/α,β-unsaturated/α-hetero) is 1. The maximum absolute atomic E-state index is 14.3. The third kappa shape index (κ3) is 5.25. The van der Waals surface area contributed by atoms with Crippen molar-refractivity contribution in [3.05, 3.63) is 124 Å². The number of hydrogen-bond donors (Lipinski definition) is 1. The second kappa shape index (κ2) is 11.1. The van der Waals surface area contributed by atoms with Gasteiger partial charge in [-0.25, -0.2) is 9.18 Å². The number of carbonyl (C=O) groups is 2. The Balaban J connectivity index is 1.48. The van der Waals surface area contributed by atoms with Crippen molar-refractivity contribution in [2.24, 2.45) is 5.92 Å². The maximum atomic E-state index is 14.3. The molecule has 1 aliphatic carbocycles. The minimum absolute atomic E-state index is 0.00725. The topological polar surface area (TPSA) is 64.6 Å². The molecule has 0 saturated carbocycles. The lowest BCUT2D eigenvalue weighted by Gasteiger charge is -2.39. The maximum Gasteiger partial charge on any atom is 0.336 e. The van der Waals surface area contributed by atoms with Gasteiger partial charge in [0.2, 0.25) is 0 Å². The first-order chi connectivity index (χ1) is 18.4. The van der Waals surface area contributed by atoms with Crippen LogP contribution in [0, 0.1) is 11.7 Å². The monoisotopic (exact) mass is 511 g/mol. The summed E-state index contributed by atoms with van der Waals surface area (Å²) in [6.45, 7) is 2.01. The number of fused-ring (bicyclic) bond motifs is 1. The van der Waals surface area contributed by atoms with Crippen molar-refractivity contribution in [1.82, 2.24) is 5.32 Å². The third-order valence-corrected chi connectivity index (χ3v) is 7.30. The number of benzene rings is 3. The molecule has 1 heterocycles. The van der Waals surface area contributed by atoms with Crippen LogP contribution in [0.2, 0.25) is 0 Å². The summed E-state index contributed by atoms with van der Waals surface area (Å²) in [5.41, 5.74) is 4.34. The van der Waals surface area contributed by atoms with Gasteiger partial charge in [0.15, 0.2) is 0 Å². The van der Waals surface area contributed by atoms with Crippen LogP contribution in [0.4, 0.5) is 4.39 Å². The van der Waals surface area contributed by atoms with Crippen LogP contribution in [0.5, 0.6) is 5.75 Å². The number of rotatable bonds is 7. The molecule has 0 bridgehead atoms. The zero-order valence-corrected chi connectivity index (χ0v) is 21.4. The number of ether oxygens (including phenoxy) is 2. The summed E-state index contributed by atoms with van der Waals surface area (Å²) in [5, 5.41) is 3.33. The average molecular weight is 512 g/mol. The Morgan fingerprint density at radius 1 is 0.974 bits per heavy atom. The third-order valence-electron chi connectivity index (χ3n) is 7.30. The number of ketones is 1. The van der Waals surface area contributed by atoms with Crippen molar-refractivity contribution in [2.45, 2.75) is 31.6 Å². The molecule has 0 aromatic heterocycles. The number of hydrogen-bond acceptors (Lipinski definition) is 5. The highest BCUT2D eigenvalue weighted by Crippen LogP contribution is 2.46. The Hall–Kier alpha value is -4.19. The summed E-state index contributed by atoms with van der Waals surface area (Å²) in [6.07, 6.45) is 2.92. The van der Waals surface area contributed by atoms with E-state index in [1.165, 1.54) is 12.1 Å². The van der Waals surface area contributed by atoms with Crippen LogP contribution < -0.4 is 10.1 Å². The fraction of sp³-hybridized carbons (Fsp3) is 0.250. The summed E-state index contributed by atoms with van der Waals surface area (Å²) in [4.78, 5) is 27.1. The Labute approximate surface area is 222 Å². The van der Waals surface area contributed by atoms with Gasteiger partial charge in [-0.3, -0.25) is 4.79 Å². The van der Waals surface area contributed by atoms with Crippen molar-refractivity contribution in [3.63, 3.8) is 0 Å². The number of carbonyl (C=O) groups excluding carboxylic acids is 2. The molecular formula is C32H30FNO4. The zero-order chi connectivity index (χ0) is 26.6. The van der Waals surface area contributed by atoms with Gasteiger partial charge in [-0.2, -0.15) is 0 Å². The van der Waals surface area contributed by atoms with Gasteiger partial charge in [-0.1, -0.05) is 60.7 Å². The molecule has 0 amide bonds. The quantitative estimate of drug-likeness (QED) is 0.404. The van der Waals surface area contributed by atoms with Crippen molar-refractivity contribution in [1.29, 1.82) is 0 Å². The molecule has 0 fully saturated rings. The van der Waals surface area contributed by atoms with Gasteiger partial charge < -0.3 is 14.8 Å². The van der Waals surface area contributed by atoms with Crippen molar-refractivity contribution < 1.29 is 23.5 Å². The van der Waals surface area contributed by atoms with Crippen LogP contribution in [-0.2, 0) is 20.7 Å². The molecule has 0 radical (unpaired) electrons. The molecular weight excluding hydrogens is 481 g/mol. The molecule has 6 heteroatoms. The van der Waals surface area contributed by atoms with Gasteiger partial charge in [-0.05, 0) is 47.9 Å². The minimum Gasteiger partial charge on any atom is -0.497 e. The summed E-state index contributed by atoms with van der Waals surface area (Å²) in [6, 6.07) is 23.6. The number of nitrogens with one attached hydrogen (secondary N) is 1. The molecule has 194 valence electrons. The van der Waals surface area contributed by atoms with E-state index in [-0.39, 0.29) is 24.7 Å². The Kier molecular flexibility index (Phi) is 7.40. The van der Waals surface area contributed by atoms with Gasteiger partial charge in [0.25, 0.3) is 0 Å². The van der Waals surface area contributed by atoms with Gasteiger partial charge in [0, 0.05) is 36.1 Å². The molecule has 5 rings (SSSR count). The van der Waals surface area contributed by atoms with Crippen LogP contribution in [0.1, 0.15) is 41.9 Å². The van der Waals surface area contributed by atoms with Gasteiger partial charge in [0.05, 0.1) is 25.2 Å². The first kappa shape index (κ1) is 25.5. The van der Waals surface area contributed by atoms with E-state index in [9.17, 15) is 14.0 Å². The van der Waals surface area contributed by atoms with Crippen LogP contribution >= 0.6 is 0 Å². The summed E-state index contributed by atoms with van der Waals surface area (Å²) >= 11 is 0. The van der Waals surface area contributed by atoms with E-state index in [0.717, 1.165) is 22.6 Å². The molecule has 0 spiro atoms. The van der Waals surface area contributed by atoms with Crippen molar-refractivity contribution >= 4 is 11.8 Å². The predicted octanol–water partition coefficient (Wildman–Crippen LogP) is 5.84. The normalized spacial score (nSPS) is 20.8. The number of halogens is 1. The Morgan fingerprint density at radius 2 is 1.74 bits per heavy atom. The molecule has 38 heavy (non-hydrogen) atoms. The SMILES string of the molecule is COc1ccc(C2C=C3NC(C)=C(C(=O)OCCc4ccccc4)C(c4cccc(F)c4)C3C(=O)C2)cc1. The van der Waals surface area contributed by atoms with Crippen LogP contribution in [0.15, 0.2) is 102 Å². The standard InChI is InChI=1S/C32H30FNO4/c1-20-29(32(36)38-16-15-21-7-4-3-5-8-21)30(23-9-6-10-25(33)17-23)31-27(34-20)18-24(19-28(31)35)22-11-13-26(37-2)14-12-22/h3-14,17-18,24,30-31,34H,15-16,19H2,1-2H3. The summed E-state index contributed by atoms with van der Waals surface area (Å²) in [7, 11) is 1.61. The molecule has 0 saturated heterocycles. The molecule has 2 aliphatic rings. The molecule has 3 atom stereocenters. The van der Waals surface area contributed by atoms with E-state index in [2.05, 4.69) is 11.4 Å². The van der Waals surface area contributed by atoms with E-state index in [1.807, 2.05) is 54.6 Å². The van der Waals surface area contributed by atoms with E-state index in [0.29, 0.717) is 23.3 Å². The number of esters is 1. The van der Waals surface area contributed by atoms with Gasteiger partial charge in [-0.15, -0.1) is 0 Å². The fourth-order valence-corrected chi connectivity index (χ4v) is 5.45. The highest BCUT2D eigenvalue weighted by Gasteiger charge is 2.45. The van der Waals surface area contributed by atoms with E-state index < -0.39 is 23.6 Å². The molecule has 1 N–H and O–H groups in total. The van der Waals surface area contributed by atoms with Crippen LogP contribution in [0.3, 0.4) is 0 Å². The minimum atomic E-state index is -0.647. The largest absolute Gasteiger partial charge is 0.497 e. The first-order valence-electron chi connectivity index (χ1n) is 12.8. The molecule has 3 unspecified atom stereocenters. The average Bonchev–Trinajstić information content (AvgIpc) is 2.92. The lowest BCUT2D eigenvalue weighted by molar-refractivity contribution is -0.139. The summed E-state index contributed by atoms with van der Waals surface area (Å²) in [5.74, 6) is -1.57.